The zero-order chi connectivity index (χ0) is 21.4. The fourth-order valence-corrected chi connectivity index (χ4v) is 4.55. The second kappa shape index (κ2) is 8.23. The summed E-state index contributed by atoms with van der Waals surface area (Å²) in [5, 5.41) is 7.53. The highest BCUT2D eigenvalue weighted by molar-refractivity contribution is 7.22. The highest BCUT2D eigenvalue weighted by Crippen LogP contribution is 2.31. The Hall–Kier alpha value is -3.06. The van der Waals surface area contributed by atoms with Gasteiger partial charge in [0.15, 0.2) is 5.58 Å². The van der Waals surface area contributed by atoms with Gasteiger partial charge in [0.25, 0.3) is 0 Å². The molecule has 0 radical (unpaired) electrons. The third-order valence-corrected chi connectivity index (χ3v) is 6.14. The molecular formula is C23H15Cl2N3O2S. The zero-order valence-corrected chi connectivity index (χ0v) is 18.6. The molecule has 0 amide bonds. The molecule has 3 aromatic carbocycles. The van der Waals surface area contributed by atoms with E-state index in [0.29, 0.717) is 37.3 Å². The molecule has 0 spiro atoms. The molecule has 2 aromatic heterocycles. The maximum atomic E-state index is 6.44. The van der Waals surface area contributed by atoms with Crippen molar-refractivity contribution in [3.05, 3.63) is 82.1 Å². The Morgan fingerprint density at radius 2 is 1.84 bits per heavy atom. The summed E-state index contributed by atoms with van der Waals surface area (Å²) in [6, 6.07) is 20.8. The summed E-state index contributed by atoms with van der Waals surface area (Å²) in [5.74, 6) is 1.38. The molecule has 31 heavy (non-hydrogen) atoms. The summed E-state index contributed by atoms with van der Waals surface area (Å²) < 4.78 is 12.4. The van der Waals surface area contributed by atoms with E-state index in [4.69, 9.17) is 32.4 Å². The van der Waals surface area contributed by atoms with Crippen molar-refractivity contribution in [2.75, 3.05) is 12.5 Å². The maximum Gasteiger partial charge on any atom is 0.204 e. The molecule has 0 aliphatic rings. The van der Waals surface area contributed by atoms with Gasteiger partial charge in [-0.3, -0.25) is 5.43 Å². The van der Waals surface area contributed by atoms with Gasteiger partial charge in [0.1, 0.15) is 11.5 Å². The van der Waals surface area contributed by atoms with Gasteiger partial charge in [-0.15, -0.1) is 0 Å². The Morgan fingerprint density at radius 3 is 2.61 bits per heavy atom. The van der Waals surface area contributed by atoms with E-state index in [-0.39, 0.29) is 0 Å². The van der Waals surface area contributed by atoms with Crippen LogP contribution in [0.2, 0.25) is 10.0 Å². The Balaban J connectivity index is 1.66. The van der Waals surface area contributed by atoms with Gasteiger partial charge in [-0.1, -0.05) is 46.7 Å². The normalized spacial score (nSPS) is 11.9. The summed E-state index contributed by atoms with van der Waals surface area (Å²) >= 11 is 14.2. The molecule has 5 aromatic rings. The summed E-state index contributed by atoms with van der Waals surface area (Å²) in [6.45, 7) is 0. The first kappa shape index (κ1) is 19.9. The van der Waals surface area contributed by atoms with Crippen LogP contribution in [0.1, 0.15) is 0 Å². The summed E-state index contributed by atoms with van der Waals surface area (Å²) in [5.41, 5.74) is 5.35. The van der Waals surface area contributed by atoms with Crippen molar-refractivity contribution >= 4 is 60.9 Å². The van der Waals surface area contributed by atoms with E-state index in [1.807, 2.05) is 54.6 Å². The minimum absolute atomic E-state index is 0.411. The van der Waals surface area contributed by atoms with E-state index in [1.165, 1.54) is 11.3 Å². The lowest BCUT2D eigenvalue weighted by atomic mass is 10.1. The number of rotatable bonds is 4. The van der Waals surface area contributed by atoms with Crippen molar-refractivity contribution < 1.29 is 9.15 Å². The average Bonchev–Trinajstić information content (AvgIpc) is 3.21. The molecule has 0 saturated carbocycles. The maximum absolute atomic E-state index is 6.44. The largest absolute Gasteiger partial charge is 0.497 e. The Kier molecular flexibility index (Phi) is 5.28. The number of hydrogen-bond donors (Lipinski definition) is 1. The number of hydrogen-bond acceptors (Lipinski definition) is 6. The average molecular weight is 468 g/mol. The molecular weight excluding hydrogens is 453 g/mol. The summed E-state index contributed by atoms with van der Waals surface area (Å²) in [7, 11) is 1.63. The number of benzene rings is 3. The molecule has 0 atom stereocenters. The Morgan fingerprint density at radius 1 is 1.03 bits per heavy atom. The summed E-state index contributed by atoms with van der Waals surface area (Å²) in [6.07, 6.45) is 0. The molecule has 1 N–H and O–H groups in total. The minimum atomic E-state index is 0.411. The van der Waals surface area contributed by atoms with Gasteiger partial charge in [-0.25, -0.2) is 4.98 Å². The molecule has 0 aliphatic heterocycles. The van der Waals surface area contributed by atoms with Gasteiger partial charge in [0.05, 0.1) is 27.7 Å². The van der Waals surface area contributed by atoms with Gasteiger partial charge in [0, 0.05) is 22.0 Å². The molecule has 2 heterocycles. The second-order valence-corrected chi connectivity index (χ2v) is 8.57. The number of nitrogens with zero attached hydrogens (tertiary/aromatic N) is 2. The van der Waals surface area contributed by atoms with E-state index in [9.17, 15) is 0 Å². The standard InChI is InChI=1S/C23H15Cl2N3O2S/c1-29-15-8-6-13(7-9-15)20-12-19(16-10-14(24)11-17(25)22(16)30-20)27-28-23-26-18-4-2-3-5-21(18)31-23/h2-12H,1H3,(H,26,28)/b27-19+. The number of nitrogens with one attached hydrogen (secondary N) is 1. The lowest BCUT2D eigenvalue weighted by Gasteiger charge is -2.08. The third-order valence-electron chi connectivity index (χ3n) is 4.70. The first-order valence-corrected chi connectivity index (χ1v) is 10.9. The predicted molar refractivity (Wildman–Crippen MR) is 127 cm³/mol. The molecule has 0 unspecified atom stereocenters. The van der Waals surface area contributed by atoms with E-state index in [2.05, 4.69) is 15.5 Å². The number of ether oxygens (including phenoxy) is 1. The van der Waals surface area contributed by atoms with E-state index >= 15 is 0 Å². The van der Waals surface area contributed by atoms with Gasteiger partial charge in [0.2, 0.25) is 5.13 Å². The van der Waals surface area contributed by atoms with Crippen LogP contribution in [0.4, 0.5) is 5.13 Å². The number of para-hydroxylation sites is 1. The highest BCUT2D eigenvalue weighted by Gasteiger charge is 2.11. The van der Waals surface area contributed by atoms with Crippen molar-refractivity contribution in [2.24, 2.45) is 5.10 Å². The van der Waals surface area contributed by atoms with E-state index in [0.717, 1.165) is 21.5 Å². The van der Waals surface area contributed by atoms with Crippen LogP contribution in [0, 0.1) is 0 Å². The molecule has 0 bridgehead atoms. The van der Waals surface area contributed by atoms with Crippen LogP contribution >= 0.6 is 34.5 Å². The second-order valence-electron chi connectivity index (χ2n) is 6.70. The van der Waals surface area contributed by atoms with Crippen LogP contribution in [0.15, 0.2) is 76.2 Å². The first-order valence-electron chi connectivity index (χ1n) is 9.33. The van der Waals surface area contributed by atoms with E-state index in [1.54, 1.807) is 19.2 Å². The van der Waals surface area contributed by atoms with Crippen LogP contribution in [0.3, 0.4) is 0 Å². The van der Waals surface area contributed by atoms with Crippen LogP contribution in [-0.4, -0.2) is 12.1 Å². The van der Waals surface area contributed by atoms with E-state index < -0.39 is 0 Å². The summed E-state index contributed by atoms with van der Waals surface area (Å²) in [4.78, 5) is 4.57. The van der Waals surface area contributed by atoms with Gasteiger partial charge in [-0.05, 0) is 48.5 Å². The smallest absolute Gasteiger partial charge is 0.204 e. The van der Waals surface area contributed by atoms with Gasteiger partial charge < -0.3 is 9.15 Å². The SMILES string of the molecule is COc1ccc(-c2c/c(=N\Nc3nc4ccccc4s3)c3cc(Cl)cc(Cl)c3o2)cc1. The lowest BCUT2D eigenvalue weighted by molar-refractivity contribution is 0.415. The predicted octanol–water partition coefficient (Wildman–Crippen LogP) is 6.95. The molecule has 5 rings (SSSR count). The van der Waals surface area contributed by atoms with Crippen LogP contribution < -0.4 is 15.5 Å². The molecule has 154 valence electrons. The van der Waals surface area contributed by atoms with Crippen molar-refractivity contribution in [3.8, 4) is 17.1 Å². The third kappa shape index (κ3) is 3.97. The number of methoxy groups -OCH3 is 1. The fourth-order valence-electron chi connectivity index (χ4n) is 3.21. The van der Waals surface area contributed by atoms with Crippen LogP contribution in [0.25, 0.3) is 32.5 Å². The van der Waals surface area contributed by atoms with Crippen molar-refractivity contribution in [3.63, 3.8) is 0 Å². The van der Waals surface area contributed by atoms with Crippen LogP contribution in [0.5, 0.6) is 5.75 Å². The highest BCUT2D eigenvalue weighted by atomic mass is 35.5. The quantitative estimate of drug-likeness (QED) is 0.290. The van der Waals surface area contributed by atoms with Crippen molar-refractivity contribution in [1.82, 2.24) is 4.98 Å². The Bertz CT molecular complexity index is 1440. The van der Waals surface area contributed by atoms with Crippen LogP contribution in [-0.2, 0) is 0 Å². The topological polar surface area (TPSA) is 59.6 Å². The minimum Gasteiger partial charge on any atom is -0.497 e. The van der Waals surface area contributed by atoms with Gasteiger partial charge >= 0.3 is 0 Å². The van der Waals surface area contributed by atoms with Gasteiger partial charge in [-0.2, -0.15) is 5.10 Å². The molecule has 8 heteroatoms. The number of thiazole rings is 1. The monoisotopic (exact) mass is 467 g/mol. The molecule has 0 aliphatic carbocycles. The lowest BCUT2D eigenvalue weighted by Crippen LogP contribution is -2.07. The van der Waals surface area contributed by atoms with Crippen molar-refractivity contribution in [1.29, 1.82) is 0 Å². The fraction of sp³-hybridized carbons (Fsp3) is 0.0435. The number of aromatic nitrogens is 1. The Labute approximate surface area is 191 Å². The van der Waals surface area contributed by atoms with Crippen molar-refractivity contribution in [2.45, 2.75) is 0 Å². The first-order chi connectivity index (χ1) is 15.1. The molecule has 0 fully saturated rings. The molecule has 5 nitrogen and oxygen atoms in total. The number of fused-ring (bicyclic) bond motifs is 2. The number of halogens is 2. The zero-order valence-electron chi connectivity index (χ0n) is 16.2. The molecule has 0 saturated heterocycles. The number of anilines is 1.